The van der Waals surface area contributed by atoms with E-state index in [1.807, 2.05) is 24.3 Å². The van der Waals surface area contributed by atoms with Crippen LogP contribution < -0.4 is 4.74 Å². The van der Waals surface area contributed by atoms with Crippen molar-refractivity contribution in [1.82, 2.24) is 4.98 Å². The van der Waals surface area contributed by atoms with Crippen LogP contribution in [0.2, 0.25) is 0 Å². The number of hydrogen-bond acceptors (Lipinski definition) is 3. The van der Waals surface area contributed by atoms with E-state index >= 15 is 0 Å². The minimum atomic E-state index is -1.00. The summed E-state index contributed by atoms with van der Waals surface area (Å²) in [6.45, 7) is 0. The molecule has 0 atom stereocenters. The summed E-state index contributed by atoms with van der Waals surface area (Å²) in [5.74, 6) is 0.222. The van der Waals surface area contributed by atoms with Crippen LogP contribution in [0.5, 0.6) is 11.5 Å². The fraction of sp³-hybridized carbons (Fsp3) is 0. The zero-order chi connectivity index (χ0) is 13.7. The molecular formula is C14H10BrNO3. The lowest BCUT2D eigenvalue weighted by Crippen LogP contribution is -1.88. The second kappa shape index (κ2) is 6.15. The van der Waals surface area contributed by atoms with Crippen molar-refractivity contribution in [1.29, 1.82) is 0 Å². The number of aromatic nitrogens is 1. The largest absolute Gasteiger partial charge is 0.478 e. The van der Waals surface area contributed by atoms with E-state index in [0.717, 1.165) is 10.5 Å². The number of pyridine rings is 1. The summed E-state index contributed by atoms with van der Waals surface area (Å²) in [5, 5.41) is 8.57. The van der Waals surface area contributed by atoms with Gasteiger partial charge >= 0.3 is 5.97 Å². The lowest BCUT2D eigenvalue weighted by molar-refractivity contribution is -0.131. The van der Waals surface area contributed by atoms with Gasteiger partial charge in [-0.05, 0) is 35.9 Å². The normalized spacial score (nSPS) is 10.6. The number of halogens is 1. The first kappa shape index (κ1) is 13.3. The number of carbonyl (C=O) groups is 1. The summed E-state index contributed by atoms with van der Waals surface area (Å²) >= 11 is 3.36. The van der Waals surface area contributed by atoms with Crippen LogP contribution in [-0.2, 0) is 4.79 Å². The van der Waals surface area contributed by atoms with Crippen LogP contribution in [-0.4, -0.2) is 16.1 Å². The minimum Gasteiger partial charge on any atom is -0.478 e. The van der Waals surface area contributed by atoms with Crippen LogP contribution >= 0.6 is 15.9 Å². The van der Waals surface area contributed by atoms with Gasteiger partial charge in [-0.15, -0.1) is 0 Å². The van der Waals surface area contributed by atoms with Crippen LogP contribution in [0.1, 0.15) is 5.56 Å². The predicted molar refractivity (Wildman–Crippen MR) is 75.1 cm³/mol. The molecule has 0 saturated heterocycles. The third kappa shape index (κ3) is 4.22. The van der Waals surface area contributed by atoms with E-state index in [9.17, 15) is 4.79 Å². The molecule has 1 aromatic carbocycles. The number of ether oxygens (including phenoxy) is 1. The second-order valence-electron chi connectivity index (χ2n) is 3.68. The number of aliphatic carboxylic acids is 1. The maximum Gasteiger partial charge on any atom is 0.328 e. The number of carboxylic acid groups (broad SMARTS) is 1. The molecule has 19 heavy (non-hydrogen) atoms. The highest BCUT2D eigenvalue weighted by atomic mass is 79.9. The van der Waals surface area contributed by atoms with E-state index in [4.69, 9.17) is 9.84 Å². The summed E-state index contributed by atoms with van der Waals surface area (Å²) < 4.78 is 6.55. The zero-order valence-electron chi connectivity index (χ0n) is 9.79. The van der Waals surface area contributed by atoms with Gasteiger partial charge in [0, 0.05) is 16.7 Å². The van der Waals surface area contributed by atoms with Crippen LogP contribution in [0.15, 0.2) is 53.3 Å². The number of nitrogens with zero attached hydrogens (tertiary/aromatic N) is 1. The van der Waals surface area contributed by atoms with Crippen molar-refractivity contribution in [3.63, 3.8) is 0 Å². The molecule has 0 amide bonds. The van der Waals surface area contributed by atoms with Crippen LogP contribution in [0, 0.1) is 0 Å². The van der Waals surface area contributed by atoms with E-state index in [1.165, 1.54) is 6.08 Å². The molecule has 0 spiro atoms. The standard InChI is InChI=1S/C14H10BrNO3/c15-11-2-1-3-12(7-11)19-13-6-10(8-16-9-13)4-5-14(17)18/h1-9H,(H,17,18)/b5-4+. The van der Waals surface area contributed by atoms with E-state index in [2.05, 4.69) is 20.9 Å². The molecule has 2 aromatic rings. The molecule has 2 rings (SSSR count). The van der Waals surface area contributed by atoms with Gasteiger partial charge < -0.3 is 9.84 Å². The number of benzene rings is 1. The van der Waals surface area contributed by atoms with Gasteiger partial charge in [-0.3, -0.25) is 4.98 Å². The van der Waals surface area contributed by atoms with E-state index in [-0.39, 0.29) is 0 Å². The van der Waals surface area contributed by atoms with Gasteiger partial charge in [0.05, 0.1) is 6.20 Å². The quantitative estimate of drug-likeness (QED) is 0.872. The van der Waals surface area contributed by atoms with Gasteiger partial charge in [-0.2, -0.15) is 0 Å². The van der Waals surface area contributed by atoms with Crippen molar-refractivity contribution in [2.45, 2.75) is 0 Å². The van der Waals surface area contributed by atoms with Gasteiger partial charge in [0.1, 0.15) is 11.5 Å². The van der Waals surface area contributed by atoms with Crippen molar-refractivity contribution in [3.05, 3.63) is 58.8 Å². The number of hydrogen-bond donors (Lipinski definition) is 1. The van der Waals surface area contributed by atoms with E-state index in [1.54, 1.807) is 18.5 Å². The second-order valence-corrected chi connectivity index (χ2v) is 4.60. The van der Waals surface area contributed by atoms with Gasteiger partial charge in [-0.25, -0.2) is 4.79 Å². The van der Waals surface area contributed by atoms with Crippen molar-refractivity contribution < 1.29 is 14.6 Å². The molecule has 96 valence electrons. The van der Waals surface area contributed by atoms with Crippen molar-refractivity contribution in [3.8, 4) is 11.5 Å². The third-order valence-electron chi connectivity index (χ3n) is 2.18. The molecule has 0 radical (unpaired) electrons. The Balaban J connectivity index is 2.17. The predicted octanol–water partition coefficient (Wildman–Crippen LogP) is 3.73. The molecule has 0 aliphatic carbocycles. The summed E-state index contributed by atoms with van der Waals surface area (Å²) in [6.07, 6.45) is 5.65. The molecule has 0 saturated carbocycles. The molecule has 0 unspecified atom stereocenters. The molecule has 1 N–H and O–H groups in total. The summed E-state index contributed by atoms with van der Waals surface area (Å²) in [4.78, 5) is 14.4. The van der Waals surface area contributed by atoms with Crippen LogP contribution in [0.4, 0.5) is 0 Å². The van der Waals surface area contributed by atoms with E-state index < -0.39 is 5.97 Å². The average Bonchev–Trinajstić information content (AvgIpc) is 2.37. The molecule has 1 heterocycles. The van der Waals surface area contributed by atoms with Crippen molar-refractivity contribution in [2.75, 3.05) is 0 Å². The number of carboxylic acids is 1. The average molecular weight is 320 g/mol. The van der Waals surface area contributed by atoms with Gasteiger partial charge in [0.15, 0.2) is 0 Å². The summed E-state index contributed by atoms with van der Waals surface area (Å²) in [5.41, 5.74) is 0.662. The Morgan fingerprint density at radius 3 is 2.84 bits per heavy atom. The Labute approximate surface area is 118 Å². The number of rotatable bonds is 4. The maximum absolute atomic E-state index is 10.4. The Bertz CT molecular complexity index is 626. The molecule has 0 aliphatic heterocycles. The van der Waals surface area contributed by atoms with Crippen LogP contribution in [0.25, 0.3) is 6.08 Å². The molecule has 1 aromatic heterocycles. The topological polar surface area (TPSA) is 59.4 Å². The molecule has 5 heteroatoms. The first-order valence-electron chi connectivity index (χ1n) is 5.43. The maximum atomic E-state index is 10.4. The first-order chi connectivity index (χ1) is 9.13. The molecule has 4 nitrogen and oxygen atoms in total. The highest BCUT2D eigenvalue weighted by molar-refractivity contribution is 9.10. The Kier molecular flexibility index (Phi) is 4.30. The van der Waals surface area contributed by atoms with Gasteiger partial charge in [-0.1, -0.05) is 22.0 Å². The van der Waals surface area contributed by atoms with Gasteiger partial charge in [0.2, 0.25) is 0 Å². The Hall–Kier alpha value is -2.14. The minimum absolute atomic E-state index is 0.547. The highest BCUT2D eigenvalue weighted by Gasteiger charge is 1.99. The SMILES string of the molecule is O=C(O)/C=C/c1cncc(Oc2cccc(Br)c2)c1. The molecule has 0 bridgehead atoms. The Morgan fingerprint density at radius 2 is 2.11 bits per heavy atom. The highest BCUT2D eigenvalue weighted by Crippen LogP contribution is 2.24. The van der Waals surface area contributed by atoms with E-state index in [0.29, 0.717) is 17.1 Å². The third-order valence-corrected chi connectivity index (χ3v) is 2.68. The zero-order valence-corrected chi connectivity index (χ0v) is 11.4. The molecule has 0 fully saturated rings. The first-order valence-corrected chi connectivity index (χ1v) is 6.22. The lowest BCUT2D eigenvalue weighted by atomic mass is 10.2. The lowest BCUT2D eigenvalue weighted by Gasteiger charge is -2.06. The molecule has 0 aliphatic rings. The Morgan fingerprint density at radius 1 is 1.26 bits per heavy atom. The summed E-state index contributed by atoms with van der Waals surface area (Å²) in [7, 11) is 0. The van der Waals surface area contributed by atoms with Crippen LogP contribution in [0.3, 0.4) is 0 Å². The van der Waals surface area contributed by atoms with Gasteiger partial charge in [0.25, 0.3) is 0 Å². The molecular weight excluding hydrogens is 310 g/mol. The van der Waals surface area contributed by atoms with Crippen molar-refractivity contribution >= 4 is 28.0 Å². The summed E-state index contributed by atoms with van der Waals surface area (Å²) in [6, 6.07) is 9.13. The van der Waals surface area contributed by atoms with Crippen molar-refractivity contribution in [2.24, 2.45) is 0 Å². The smallest absolute Gasteiger partial charge is 0.328 e. The fourth-order valence-electron chi connectivity index (χ4n) is 1.42. The fourth-order valence-corrected chi connectivity index (χ4v) is 1.79. The monoisotopic (exact) mass is 319 g/mol.